The van der Waals surface area contributed by atoms with Crippen molar-refractivity contribution in [1.82, 2.24) is 0 Å². The van der Waals surface area contributed by atoms with Crippen LogP contribution < -0.4 is 10.6 Å². The summed E-state index contributed by atoms with van der Waals surface area (Å²) >= 11 is 0. The Morgan fingerprint density at radius 3 is 2.69 bits per heavy atom. The number of hydrogen-bond acceptors (Lipinski definition) is 2. The number of rotatable bonds is 1. The molecule has 3 nitrogen and oxygen atoms in total. The van der Waals surface area contributed by atoms with Gasteiger partial charge in [0.05, 0.1) is 0 Å². The average Bonchev–Trinajstić information content (AvgIpc) is 2.09. The van der Waals surface area contributed by atoms with Gasteiger partial charge in [0.15, 0.2) is 0 Å². The van der Waals surface area contributed by atoms with E-state index in [4.69, 9.17) is 5.73 Å². The zero-order chi connectivity index (χ0) is 9.42. The molecule has 1 aliphatic heterocycles. The molecule has 0 unspecified atom stereocenters. The van der Waals surface area contributed by atoms with Gasteiger partial charge in [0, 0.05) is 24.3 Å². The Hall–Kier alpha value is -1.51. The first-order valence-electron chi connectivity index (χ1n) is 4.35. The highest BCUT2D eigenvalue weighted by atomic mass is 16.2. The van der Waals surface area contributed by atoms with Crippen molar-refractivity contribution in [3.63, 3.8) is 0 Å². The van der Waals surface area contributed by atoms with Crippen molar-refractivity contribution in [2.45, 2.75) is 13.3 Å². The fraction of sp³-hybridized carbons (Fsp3) is 0.300. The molecule has 1 heterocycles. The van der Waals surface area contributed by atoms with Crippen molar-refractivity contribution in [3.8, 4) is 0 Å². The van der Waals surface area contributed by atoms with E-state index in [9.17, 15) is 4.79 Å². The zero-order valence-corrected chi connectivity index (χ0v) is 7.58. The Morgan fingerprint density at radius 1 is 1.46 bits per heavy atom. The Balaban J connectivity index is 2.31. The number of benzene rings is 1. The van der Waals surface area contributed by atoms with E-state index in [0.717, 1.165) is 23.5 Å². The third-order valence-electron chi connectivity index (χ3n) is 2.42. The van der Waals surface area contributed by atoms with Crippen LogP contribution in [-0.2, 0) is 4.79 Å². The Labute approximate surface area is 77.1 Å². The van der Waals surface area contributed by atoms with Crippen molar-refractivity contribution in [3.05, 3.63) is 23.8 Å². The van der Waals surface area contributed by atoms with Gasteiger partial charge in [-0.3, -0.25) is 4.79 Å². The molecule has 0 bridgehead atoms. The molecule has 3 heteroatoms. The van der Waals surface area contributed by atoms with Crippen LogP contribution >= 0.6 is 0 Å². The minimum Gasteiger partial charge on any atom is -0.399 e. The molecule has 0 radical (unpaired) electrons. The van der Waals surface area contributed by atoms with Gasteiger partial charge >= 0.3 is 0 Å². The van der Waals surface area contributed by atoms with Crippen LogP contribution in [0.5, 0.6) is 0 Å². The van der Waals surface area contributed by atoms with Crippen molar-refractivity contribution in [2.75, 3.05) is 17.2 Å². The van der Waals surface area contributed by atoms with Gasteiger partial charge in [0.25, 0.3) is 0 Å². The van der Waals surface area contributed by atoms with E-state index < -0.39 is 0 Å². The van der Waals surface area contributed by atoms with Gasteiger partial charge in [-0.1, -0.05) is 0 Å². The Morgan fingerprint density at radius 2 is 2.23 bits per heavy atom. The first-order chi connectivity index (χ1) is 6.18. The molecule has 1 amide bonds. The van der Waals surface area contributed by atoms with Gasteiger partial charge < -0.3 is 10.6 Å². The Kier molecular flexibility index (Phi) is 1.72. The van der Waals surface area contributed by atoms with Crippen LogP contribution in [0.4, 0.5) is 11.4 Å². The van der Waals surface area contributed by atoms with Crippen LogP contribution in [0.15, 0.2) is 18.2 Å². The summed E-state index contributed by atoms with van der Waals surface area (Å²) in [6.45, 7) is 2.78. The summed E-state index contributed by atoms with van der Waals surface area (Å²) in [7, 11) is 0. The molecule has 68 valence electrons. The second kappa shape index (κ2) is 2.76. The molecule has 2 rings (SSSR count). The van der Waals surface area contributed by atoms with Crippen molar-refractivity contribution < 1.29 is 4.79 Å². The van der Waals surface area contributed by atoms with Crippen molar-refractivity contribution in [2.24, 2.45) is 0 Å². The van der Waals surface area contributed by atoms with E-state index in [2.05, 4.69) is 0 Å². The number of amides is 1. The highest BCUT2D eigenvalue weighted by Gasteiger charge is 2.24. The predicted octanol–water partition coefficient (Wildman–Crippen LogP) is 1.31. The first kappa shape index (κ1) is 8.10. The standard InChI is InChI=1S/C10H12N2O/c1-7-6-8(2-3-9(7)11)12-5-4-10(12)13/h2-3,6H,4-5,11H2,1H3. The fourth-order valence-electron chi connectivity index (χ4n) is 1.42. The van der Waals surface area contributed by atoms with Gasteiger partial charge in [0.2, 0.25) is 5.91 Å². The predicted molar refractivity (Wildman–Crippen MR) is 52.6 cm³/mol. The summed E-state index contributed by atoms with van der Waals surface area (Å²) in [5, 5.41) is 0. The lowest BCUT2D eigenvalue weighted by Crippen LogP contribution is -2.43. The average molecular weight is 176 g/mol. The van der Waals surface area contributed by atoms with Gasteiger partial charge in [-0.25, -0.2) is 0 Å². The van der Waals surface area contributed by atoms with Crippen LogP contribution in [0.25, 0.3) is 0 Å². The lowest BCUT2D eigenvalue weighted by Gasteiger charge is -2.31. The summed E-state index contributed by atoms with van der Waals surface area (Å²) in [5.74, 6) is 0.198. The molecule has 1 aromatic carbocycles. The minimum atomic E-state index is 0.198. The second-order valence-corrected chi connectivity index (χ2v) is 3.34. The molecule has 1 aromatic rings. The highest BCUT2D eigenvalue weighted by molar-refractivity contribution is 5.99. The number of nitrogens with two attached hydrogens (primary N) is 1. The van der Waals surface area contributed by atoms with Crippen LogP contribution in [0.1, 0.15) is 12.0 Å². The highest BCUT2D eigenvalue weighted by Crippen LogP contribution is 2.24. The van der Waals surface area contributed by atoms with Gasteiger partial charge in [-0.2, -0.15) is 0 Å². The van der Waals surface area contributed by atoms with Gasteiger partial charge in [-0.15, -0.1) is 0 Å². The maximum absolute atomic E-state index is 11.1. The Bertz CT molecular complexity index is 360. The van der Waals surface area contributed by atoms with E-state index in [1.165, 1.54) is 0 Å². The third-order valence-corrected chi connectivity index (χ3v) is 2.42. The van der Waals surface area contributed by atoms with E-state index >= 15 is 0 Å². The topological polar surface area (TPSA) is 46.3 Å². The summed E-state index contributed by atoms with van der Waals surface area (Å²) < 4.78 is 0. The maximum atomic E-state index is 11.1. The molecule has 0 atom stereocenters. The fourth-order valence-corrected chi connectivity index (χ4v) is 1.42. The van der Waals surface area contributed by atoms with E-state index in [1.54, 1.807) is 4.90 Å². The van der Waals surface area contributed by atoms with E-state index in [0.29, 0.717) is 6.42 Å². The van der Waals surface area contributed by atoms with E-state index in [-0.39, 0.29) is 5.91 Å². The van der Waals surface area contributed by atoms with Crippen LogP contribution in [0.2, 0.25) is 0 Å². The number of nitrogen functional groups attached to an aromatic ring is 1. The summed E-state index contributed by atoms with van der Waals surface area (Å²) in [6.07, 6.45) is 0.670. The summed E-state index contributed by atoms with van der Waals surface area (Å²) in [4.78, 5) is 12.9. The molecule has 1 saturated heterocycles. The van der Waals surface area contributed by atoms with Crippen LogP contribution in [0, 0.1) is 6.92 Å². The van der Waals surface area contributed by atoms with Gasteiger partial charge in [-0.05, 0) is 30.7 Å². The van der Waals surface area contributed by atoms with E-state index in [1.807, 2.05) is 25.1 Å². The monoisotopic (exact) mass is 176 g/mol. The molecular formula is C10H12N2O. The maximum Gasteiger partial charge on any atom is 0.228 e. The van der Waals surface area contributed by atoms with Crippen molar-refractivity contribution in [1.29, 1.82) is 0 Å². The molecule has 0 aromatic heterocycles. The molecule has 1 fully saturated rings. The summed E-state index contributed by atoms with van der Waals surface area (Å²) in [6, 6.07) is 5.68. The first-order valence-corrected chi connectivity index (χ1v) is 4.35. The molecule has 0 spiro atoms. The zero-order valence-electron chi connectivity index (χ0n) is 7.58. The molecule has 0 aliphatic carbocycles. The molecule has 2 N–H and O–H groups in total. The lowest BCUT2D eigenvalue weighted by molar-refractivity contribution is -0.122. The molecule has 1 aliphatic rings. The van der Waals surface area contributed by atoms with Crippen LogP contribution in [0.3, 0.4) is 0 Å². The molecule has 13 heavy (non-hydrogen) atoms. The van der Waals surface area contributed by atoms with Gasteiger partial charge in [0.1, 0.15) is 0 Å². The number of carbonyl (C=O) groups excluding carboxylic acids is 1. The number of carbonyl (C=O) groups is 1. The number of β-lactam (4-membered cyclic amide) rings is 1. The quantitative estimate of drug-likeness (QED) is 0.518. The molecular weight excluding hydrogens is 164 g/mol. The normalized spacial score (nSPS) is 15.8. The van der Waals surface area contributed by atoms with Crippen LogP contribution in [-0.4, -0.2) is 12.5 Å². The SMILES string of the molecule is Cc1cc(N2CCC2=O)ccc1N. The van der Waals surface area contributed by atoms with Crippen molar-refractivity contribution >= 4 is 17.3 Å². The summed E-state index contributed by atoms with van der Waals surface area (Å²) in [5.41, 5.74) is 8.44. The lowest BCUT2D eigenvalue weighted by atomic mass is 10.1. The molecule has 0 saturated carbocycles. The largest absolute Gasteiger partial charge is 0.399 e. The number of aryl methyl sites for hydroxylation is 1. The smallest absolute Gasteiger partial charge is 0.228 e. The number of anilines is 2. The minimum absolute atomic E-state index is 0.198. The second-order valence-electron chi connectivity index (χ2n) is 3.34. The third kappa shape index (κ3) is 1.26. The number of nitrogens with zero attached hydrogens (tertiary/aromatic N) is 1. The number of hydrogen-bond donors (Lipinski definition) is 1.